The van der Waals surface area contributed by atoms with Gasteiger partial charge in [-0.2, -0.15) is 0 Å². The molecule has 31 heavy (non-hydrogen) atoms. The lowest BCUT2D eigenvalue weighted by molar-refractivity contribution is 0.0682. The number of rotatable bonds is 5. The van der Waals surface area contributed by atoms with E-state index in [1.165, 1.54) is 47.9 Å². The van der Waals surface area contributed by atoms with Gasteiger partial charge in [0.05, 0.1) is 0 Å². The number of thioether (sulfide) groups is 1. The van der Waals surface area contributed by atoms with Crippen molar-refractivity contribution in [1.29, 1.82) is 0 Å². The molecule has 0 radical (unpaired) electrons. The lowest BCUT2D eigenvalue weighted by atomic mass is 9.90. The van der Waals surface area contributed by atoms with Crippen LogP contribution >= 0.6 is 11.8 Å². The number of aromatic amines is 1. The van der Waals surface area contributed by atoms with E-state index in [0.29, 0.717) is 11.2 Å². The van der Waals surface area contributed by atoms with E-state index < -0.39 is 0 Å². The maximum absolute atomic E-state index is 13.6. The highest BCUT2D eigenvalue weighted by Crippen LogP contribution is 2.40. The van der Waals surface area contributed by atoms with E-state index in [2.05, 4.69) is 64.5 Å². The molecule has 1 saturated heterocycles. The molecule has 0 unspecified atom stereocenters. The molecule has 1 aromatic heterocycles. The van der Waals surface area contributed by atoms with Crippen LogP contribution in [0, 0.1) is 5.92 Å². The molecule has 5 rings (SSSR count). The molecular weight excluding hydrogens is 400 g/mol. The van der Waals surface area contributed by atoms with Crippen molar-refractivity contribution in [2.24, 2.45) is 5.92 Å². The number of likely N-dealkylation sites (tertiary alicyclic amines) is 1. The van der Waals surface area contributed by atoms with Gasteiger partial charge < -0.3 is 9.88 Å². The van der Waals surface area contributed by atoms with E-state index >= 15 is 0 Å². The van der Waals surface area contributed by atoms with Crippen molar-refractivity contribution in [2.45, 2.75) is 61.5 Å². The lowest BCUT2D eigenvalue weighted by Crippen LogP contribution is -2.39. The molecule has 1 N–H and O–H groups in total. The van der Waals surface area contributed by atoms with Crippen LogP contribution in [-0.2, 0) is 6.42 Å². The second kappa shape index (κ2) is 9.52. The Labute approximate surface area is 189 Å². The first kappa shape index (κ1) is 20.7. The molecule has 1 aliphatic carbocycles. The van der Waals surface area contributed by atoms with Crippen LogP contribution in [0.25, 0.3) is 10.9 Å². The molecule has 2 aliphatic rings. The summed E-state index contributed by atoms with van der Waals surface area (Å²) in [4.78, 5) is 20.3. The van der Waals surface area contributed by atoms with E-state index in [0.717, 1.165) is 43.6 Å². The number of para-hydroxylation sites is 1. The van der Waals surface area contributed by atoms with Gasteiger partial charge in [0, 0.05) is 34.1 Å². The summed E-state index contributed by atoms with van der Waals surface area (Å²) in [6.07, 6.45) is 9.83. The van der Waals surface area contributed by atoms with Crippen LogP contribution in [0.3, 0.4) is 0 Å². The monoisotopic (exact) mass is 432 g/mol. The molecule has 1 amide bonds. The minimum Gasteiger partial charge on any atom is -0.350 e. The SMILES string of the molecule is O=C(c1[nH]c2ccccc2c1SC1CCCCC1)N1CCC(Cc2ccccc2)CC1. The van der Waals surface area contributed by atoms with Gasteiger partial charge in [-0.25, -0.2) is 0 Å². The van der Waals surface area contributed by atoms with E-state index in [4.69, 9.17) is 0 Å². The number of piperidine rings is 1. The Hall–Kier alpha value is -2.20. The first-order valence-corrected chi connectivity index (χ1v) is 12.8. The molecule has 2 aromatic carbocycles. The molecular formula is C27H32N2OS. The first-order valence-electron chi connectivity index (χ1n) is 11.9. The van der Waals surface area contributed by atoms with Crippen LogP contribution in [0.1, 0.15) is 61.0 Å². The van der Waals surface area contributed by atoms with Gasteiger partial charge in [0.1, 0.15) is 5.69 Å². The summed E-state index contributed by atoms with van der Waals surface area (Å²) < 4.78 is 0. The Morgan fingerprint density at radius 2 is 1.61 bits per heavy atom. The van der Waals surface area contributed by atoms with Gasteiger partial charge in [0.25, 0.3) is 5.91 Å². The number of hydrogen-bond donors (Lipinski definition) is 1. The zero-order valence-corrected chi connectivity index (χ0v) is 19.0. The average molecular weight is 433 g/mol. The number of carbonyl (C=O) groups is 1. The minimum absolute atomic E-state index is 0.188. The number of H-pyrrole nitrogens is 1. The molecule has 1 saturated carbocycles. The molecule has 2 heterocycles. The largest absolute Gasteiger partial charge is 0.350 e. The number of amides is 1. The molecule has 162 valence electrons. The second-order valence-electron chi connectivity index (χ2n) is 9.18. The first-order chi connectivity index (χ1) is 15.3. The molecule has 3 nitrogen and oxygen atoms in total. The Balaban J connectivity index is 1.31. The van der Waals surface area contributed by atoms with Crippen molar-refractivity contribution < 1.29 is 4.79 Å². The number of nitrogens with zero attached hydrogens (tertiary/aromatic N) is 1. The maximum atomic E-state index is 13.6. The standard InChI is InChI=1S/C27H32N2OS/c30-27(29-17-15-21(16-18-29)19-20-9-3-1-4-10-20)25-26(31-22-11-5-2-6-12-22)23-13-7-8-14-24(23)28-25/h1,3-4,7-10,13-14,21-22,28H,2,5-6,11-12,15-19H2. The molecule has 0 atom stereocenters. The quantitative estimate of drug-likeness (QED) is 0.488. The summed E-state index contributed by atoms with van der Waals surface area (Å²) in [5, 5.41) is 1.84. The van der Waals surface area contributed by atoms with Crippen molar-refractivity contribution in [3.8, 4) is 0 Å². The van der Waals surface area contributed by atoms with E-state index in [-0.39, 0.29) is 5.91 Å². The predicted octanol–water partition coefficient (Wildman–Crippen LogP) is 6.69. The van der Waals surface area contributed by atoms with Crippen LogP contribution in [0.5, 0.6) is 0 Å². The summed E-state index contributed by atoms with van der Waals surface area (Å²) >= 11 is 1.94. The van der Waals surface area contributed by atoms with Crippen LogP contribution in [-0.4, -0.2) is 34.1 Å². The van der Waals surface area contributed by atoms with Crippen LogP contribution in [0.15, 0.2) is 59.5 Å². The van der Waals surface area contributed by atoms with E-state index in [9.17, 15) is 4.79 Å². The number of nitrogens with one attached hydrogen (secondary N) is 1. The average Bonchev–Trinajstić information content (AvgIpc) is 3.19. The third-order valence-electron chi connectivity index (χ3n) is 6.98. The fourth-order valence-electron chi connectivity index (χ4n) is 5.18. The topological polar surface area (TPSA) is 36.1 Å². The smallest absolute Gasteiger partial charge is 0.271 e. The summed E-state index contributed by atoms with van der Waals surface area (Å²) in [5.74, 6) is 0.859. The number of fused-ring (bicyclic) bond motifs is 1. The Kier molecular flexibility index (Phi) is 6.35. The molecule has 4 heteroatoms. The van der Waals surface area contributed by atoms with Crippen molar-refractivity contribution in [3.63, 3.8) is 0 Å². The normalized spacial score (nSPS) is 18.5. The van der Waals surface area contributed by atoms with Gasteiger partial charge >= 0.3 is 0 Å². The van der Waals surface area contributed by atoms with Crippen LogP contribution in [0.2, 0.25) is 0 Å². The van der Waals surface area contributed by atoms with Crippen molar-refractivity contribution in [2.75, 3.05) is 13.1 Å². The summed E-state index contributed by atoms with van der Waals surface area (Å²) in [6.45, 7) is 1.72. The predicted molar refractivity (Wildman–Crippen MR) is 130 cm³/mol. The summed E-state index contributed by atoms with van der Waals surface area (Å²) in [5.41, 5.74) is 3.32. The number of carbonyl (C=O) groups excluding carboxylic acids is 1. The second-order valence-corrected chi connectivity index (χ2v) is 10.5. The summed E-state index contributed by atoms with van der Waals surface area (Å²) in [7, 11) is 0. The molecule has 3 aromatic rings. The Morgan fingerprint density at radius 3 is 2.39 bits per heavy atom. The molecule has 2 fully saturated rings. The maximum Gasteiger partial charge on any atom is 0.271 e. The Bertz CT molecular complexity index is 1010. The van der Waals surface area contributed by atoms with Gasteiger partial charge in [-0.1, -0.05) is 67.8 Å². The fourth-order valence-corrected chi connectivity index (χ4v) is 6.65. The van der Waals surface area contributed by atoms with Gasteiger partial charge in [0.2, 0.25) is 0 Å². The van der Waals surface area contributed by atoms with Crippen LogP contribution in [0.4, 0.5) is 0 Å². The van der Waals surface area contributed by atoms with Gasteiger partial charge in [-0.3, -0.25) is 4.79 Å². The molecule has 0 spiro atoms. The lowest BCUT2D eigenvalue weighted by Gasteiger charge is -2.32. The number of benzene rings is 2. The molecule has 0 bridgehead atoms. The van der Waals surface area contributed by atoms with E-state index in [1.807, 2.05) is 11.8 Å². The highest BCUT2D eigenvalue weighted by atomic mass is 32.2. The van der Waals surface area contributed by atoms with E-state index in [1.54, 1.807) is 0 Å². The number of hydrogen-bond acceptors (Lipinski definition) is 2. The van der Waals surface area contributed by atoms with Gasteiger partial charge in [-0.05, 0) is 49.7 Å². The summed E-state index contributed by atoms with van der Waals surface area (Å²) in [6, 6.07) is 19.2. The van der Waals surface area contributed by atoms with Crippen molar-refractivity contribution in [3.05, 3.63) is 65.9 Å². The molecule has 1 aliphatic heterocycles. The highest BCUT2D eigenvalue weighted by Gasteiger charge is 2.28. The zero-order chi connectivity index (χ0) is 21.0. The van der Waals surface area contributed by atoms with Crippen molar-refractivity contribution >= 4 is 28.6 Å². The highest BCUT2D eigenvalue weighted by molar-refractivity contribution is 8.00. The third-order valence-corrected chi connectivity index (χ3v) is 8.44. The van der Waals surface area contributed by atoms with Crippen LogP contribution < -0.4 is 0 Å². The minimum atomic E-state index is 0.188. The van der Waals surface area contributed by atoms with Gasteiger partial charge in [0.15, 0.2) is 0 Å². The van der Waals surface area contributed by atoms with Gasteiger partial charge in [-0.15, -0.1) is 11.8 Å². The number of aromatic nitrogens is 1. The third kappa shape index (κ3) is 4.69. The van der Waals surface area contributed by atoms with Crippen molar-refractivity contribution in [1.82, 2.24) is 9.88 Å². The zero-order valence-electron chi connectivity index (χ0n) is 18.2. The fraction of sp³-hybridized carbons (Fsp3) is 0.444. The Morgan fingerprint density at radius 1 is 0.903 bits per heavy atom.